The first-order valence-electron chi connectivity index (χ1n) is 4.84. The molecule has 1 amide bonds. The molecule has 0 atom stereocenters. The summed E-state index contributed by atoms with van der Waals surface area (Å²) in [5.41, 5.74) is 0.233. The summed E-state index contributed by atoms with van der Waals surface area (Å²) in [5, 5.41) is 2.42. The fraction of sp³-hybridized carbons (Fsp3) is 0. The van der Waals surface area contributed by atoms with Crippen LogP contribution in [0.4, 0.5) is 14.5 Å². The summed E-state index contributed by atoms with van der Waals surface area (Å²) in [5.74, 6) is -1.86. The first kappa shape index (κ1) is 11.2. The van der Waals surface area contributed by atoms with Crippen molar-refractivity contribution in [3.8, 4) is 0 Å². The maximum Gasteiger partial charge on any atom is 0.258 e. The van der Waals surface area contributed by atoms with Gasteiger partial charge in [0.05, 0.1) is 17.4 Å². The normalized spacial score (nSPS) is 10.0. The SMILES string of the molecule is O=C(Nc1ccc(F)nc1)c1ccccc1F. The molecule has 0 aliphatic heterocycles. The average Bonchev–Trinajstić information content (AvgIpc) is 2.32. The molecule has 0 aliphatic carbocycles. The second-order valence-corrected chi connectivity index (χ2v) is 3.30. The van der Waals surface area contributed by atoms with Crippen molar-refractivity contribution in [2.24, 2.45) is 0 Å². The van der Waals surface area contributed by atoms with Crippen molar-refractivity contribution in [3.63, 3.8) is 0 Å². The Kier molecular flexibility index (Phi) is 3.09. The number of amides is 1. The van der Waals surface area contributed by atoms with E-state index in [1.54, 1.807) is 6.07 Å². The van der Waals surface area contributed by atoms with Gasteiger partial charge in [-0.2, -0.15) is 4.39 Å². The Morgan fingerprint density at radius 3 is 2.53 bits per heavy atom. The van der Waals surface area contributed by atoms with Crippen LogP contribution in [0.3, 0.4) is 0 Å². The van der Waals surface area contributed by atoms with Crippen molar-refractivity contribution in [3.05, 3.63) is 59.9 Å². The minimum atomic E-state index is -0.645. The van der Waals surface area contributed by atoms with Crippen molar-refractivity contribution in [1.29, 1.82) is 0 Å². The molecule has 2 aromatic rings. The maximum absolute atomic E-state index is 13.3. The molecule has 0 radical (unpaired) electrons. The highest BCUT2D eigenvalue weighted by atomic mass is 19.1. The number of hydrogen-bond donors (Lipinski definition) is 1. The van der Waals surface area contributed by atoms with Crippen LogP contribution >= 0.6 is 0 Å². The highest BCUT2D eigenvalue weighted by molar-refractivity contribution is 6.04. The van der Waals surface area contributed by atoms with Gasteiger partial charge in [-0.25, -0.2) is 9.37 Å². The minimum absolute atomic E-state index is 0.0724. The van der Waals surface area contributed by atoms with Crippen molar-refractivity contribution in [2.45, 2.75) is 0 Å². The number of benzene rings is 1. The summed E-state index contributed by atoms with van der Waals surface area (Å²) in [6.07, 6.45) is 1.16. The Balaban J connectivity index is 2.17. The molecule has 1 N–H and O–H groups in total. The molecule has 0 bridgehead atoms. The third kappa shape index (κ3) is 2.63. The lowest BCUT2D eigenvalue weighted by atomic mass is 10.2. The van der Waals surface area contributed by atoms with Gasteiger partial charge in [-0.3, -0.25) is 4.79 Å². The van der Waals surface area contributed by atoms with Gasteiger partial charge in [0.2, 0.25) is 5.95 Å². The van der Waals surface area contributed by atoms with E-state index in [4.69, 9.17) is 0 Å². The molecule has 2 rings (SSSR count). The fourth-order valence-electron chi connectivity index (χ4n) is 1.29. The summed E-state index contributed by atoms with van der Waals surface area (Å²) < 4.78 is 25.8. The Labute approximate surface area is 96.1 Å². The lowest BCUT2D eigenvalue weighted by molar-refractivity contribution is 0.102. The number of carbonyl (C=O) groups excluding carboxylic acids is 1. The van der Waals surface area contributed by atoms with Crippen LogP contribution in [0.2, 0.25) is 0 Å². The zero-order chi connectivity index (χ0) is 12.3. The molecular weight excluding hydrogens is 226 g/mol. The lowest BCUT2D eigenvalue weighted by Gasteiger charge is -2.05. The molecule has 0 unspecified atom stereocenters. The summed E-state index contributed by atoms with van der Waals surface area (Å²) in [6, 6.07) is 8.06. The van der Waals surface area contributed by atoms with Crippen molar-refractivity contribution in [2.75, 3.05) is 5.32 Å². The van der Waals surface area contributed by atoms with E-state index in [0.717, 1.165) is 12.3 Å². The van der Waals surface area contributed by atoms with Crippen LogP contribution in [-0.4, -0.2) is 10.9 Å². The van der Waals surface area contributed by atoms with Gasteiger partial charge in [-0.1, -0.05) is 12.1 Å². The molecule has 0 saturated heterocycles. The predicted molar refractivity (Wildman–Crippen MR) is 58.5 cm³/mol. The lowest BCUT2D eigenvalue weighted by Crippen LogP contribution is -2.13. The van der Waals surface area contributed by atoms with E-state index in [2.05, 4.69) is 10.3 Å². The molecule has 1 heterocycles. The molecule has 86 valence electrons. The number of aromatic nitrogens is 1. The van der Waals surface area contributed by atoms with Gasteiger partial charge < -0.3 is 5.32 Å². The van der Waals surface area contributed by atoms with Crippen LogP contribution in [0.25, 0.3) is 0 Å². The summed E-state index contributed by atoms with van der Waals surface area (Å²) in [7, 11) is 0. The maximum atomic E-state index is 13.3. The molecule has 0 spiro atoms. The quantitative estimate of drug-likeness (QED) is 0.811. The van der Waals surface area contributed by atoms with Gasteiger partial charge >= 0.3 is 0 Å². The zero-order valence-corrected chi connectivity index (χ0v) is 8.65. The topological polar surface area (TPSA) is 42.0 Å². The largest absolute Gasteiger partial charge is 0.320 e. The van der Waals surface area contributed by atoms with Gasteiger partial charge in [0.15, 0.2) is 0 Å². The summed E-state index contributed by atoms with van der Waals surface area (Å²) in [4.78, 5) is 15.0. The zero-order valence-electron chi connectivity index (χ0n) is 8.65. The van der Waals surface area contributed by atoms with E-state index >= 15 is 0 Å². The Hall–Kier alpha value is -2.30. The van der Waals surface area contributed by atoms with Crippen LogP contribution in [0.1, 0.15) is 10.4 Å². The van der Waals surface area contributed by atoms with E-state index in [0.29, 0.717) is 5.69 Å². The number of rotatable bonds is 2. The molecule has 1 aromatic heterocycles. The number of halogens is 2. The van der Waals surface area contributed by atoms with Gasteiger partial charge in [0, 0.05) is 0 Å². The summed E-state index contributed by atoms with van der Waals surface area (Å²) in [6.45, 7) is 0. The second kappa shape index (κ2) is 4.69. The molecule has 1 aromatic carbocycles. The number of nitrogens with zero attached hydrogens (tertiary/aromatic N) is 1. The van der Waals surface area contributed by atoms with Gasteiger partial charge in [-0.05, 0) is 24.3 Å². The predicted octanol–water partition coefficient (Wildman–Crippen LogP) is 2.61. The second-order valence-electron chi connectivity index (χ2n) is 3.30. The van der Waals surface area contributed by atoms with Crippen molar-refractivity contribution in [1.82, 2.24) is 4.98 Å². The van der Waals surface area contributed by atoms with E-state index in [1.807, 2.05) is 0 Å². The van der Waals surface area contributed by atoms with Crippen molar-refractivity contribution < 1.29 is 13.6 Å². The molecule has 0 fully saturated rings. The third-order valence-electron chi connectivity index (χ3n) is 2.10. The summed E-state index contributed by atoms with van der Waals surface area (Å²) >= 11 is 0. The van der Waals surface area contributed by atoms with Gasteiger partial charge in [0.25, 0.3) is 5.91 Å². The van der Waals surface area contributed by atoms with E-state index in [-0.39, 0.29) is 5.56 Å². The number of carbonyl (C=O) groups is 1. The van der Waals surface area contributed by atoms with E-state index < -0.39 is 17.7 Å². The molecule has 0 aliphatic rings. The van der Waals surface area contributed by atoms with Crippen LogP contribution in [0, 0.1) is 11.8 Å². The molecular formula is C12H8F2N2O. The monoisotopic (exact) mass is 234 g/mol. The van der Waals surface area contributed by atoms with Crippen molar-refractivity contribution >= 4 is 11.6 Å². The fourth-order valence-corrected chi connectivity index (χ4v) is 1.29. The first-order chi connectivity index (χ1) is 8.16. The van der Waals surface area contributed by atoms with Crippen LogP contribution in [0.15, 0.2) is 42.6 Å². The first-order valence-corrected chi connectivity index (χ1v) is 4.84. The Morgan fingerprint density at radius 1 is 1.12 bits per heavy atom. The van der Waals surface area contributed by atoms with E-state index in [9.17, 15) is 13.6 Å². The van der Waals surface area contributed by atoms with Gasteiger partial charge in [-0.15, -0.1) is 0 Å². The highest BCUT2D eigenvalue weighted by Crippen LogP contribution is 2.11. The Bertz CT molecular complexity index is 540. The molecule has 17 heavy (non-hydrogen) atoms. The average molecular weight is 234 g/mol. The third-order valence-corrected chi connectivity index (χ3v) is 2.10. The molecule has 5 heteroatoms. The van der Waals surface area contributed by atoms with Crippen LogP contribution < -0.4 is 5.32 Å². The Morgan fingerprint density at radius 2 is 1.88 bits per heavy atom. The van der Waals surface area contributed by atoms with E-state index in [1.165, 1.54) is 24.3 Å². The van der Waals surface area contributed by atoms with Crippen LogP contribution in [0.5, 0.6) is 0 Å². The number of nitrogens with one attached hydrogen (secondary N) is 1. The number of pyridine rings is 1. The molecule has 3 nitrogen and oxygen atoms in total. The smallest absolute Gasteiger partial charge is 0.258 e. The standard InChI is InChI=1S/C12H8F2N2O/c13-10-4-2-1-3-9(10)12(17)16-8-5-6-11(14)15-7-8/h1-7H,(H,16,17). The highest BCUT2D eigenvalue weighted by Gasteiger charge is 2.10. The van der Waals surface area contributed by atoms with Gasteiger partial charge in [0.1, 0.15) is 5.82 Å². The number of anilines is 1. The minimum Gasteiger partial charge on any atom is -0.320 e. The van der Waals surface area contributed by atoms with Crippen LogP contribution in [-0.2, 0) is 0 Å². The number of hydrogen-bond acceptors (Lipinski definition) is 2. The molecule has 0 saturated carbocycles.